The molecule has 2 aromatic rings. The summed E-state index contributed by atoms with van der Waals surface area (Å²) in [5.41, 5.74) is 9.38. The number of anilines is 1. The standard InChI is InChI=1S/C13H16ClN3O/c1-8-4-5-12(11(15)6-8)18-7-10-9(2)16-17(3)13(10)14/h4-6H,7,15H2,1-3H3. The Bertz CT molecular complexity index is 578. The summed E-state index contributed by atoms with van der Waals surface area (Å²) in [7, 11) is 1.80. The Kier molecular flexibility index (Phi) is 3.48. The van der Waals surface area contributed by atoms with Gasteiger partial charge in [0, 0.05) is 12.6 Å². The highest BCUT2D eigenvalue weighted by atomic mass is 35.5. The Morgan fingerprint density at radius 2 is 2.11 bits per heavy atom. The van der Waals surface area contributed by atoms with Crippen molar-refractivity contribution in [3.05, 3.63) is 40.2 Å². The third-order valence-electron chi connectivity index (χ3n) is 2.81. The second kappa shape index (κ2) is 4.90. The molecule has 0 radical (unpaired) electrons. The highest BCUT2D eigenvalue weighted by Crippen LogP contribution is 2.25. The minimum absolute atomic E-state index is 0.367. The van der Waals surface area contributed by atoms with E-state index >= 15 is 0 Å². The third kappa shape index (κ3) is 2.43. The number of aryl methyl sites for hydroxylation is 3. The van der Waals surface area contributed by atoms with Gasteiger partial charge in [-0.3, -0.25) is 4.68 Å². The lowest BCUT2D eigenvalue weighted by Gasteiger charge is -2.09. The van der Waals surface area contributed by atoms with Gasteiger partial charge >= 0.3 is 0 Å². The van der Waals surface area contributed by atoms with Crippen molar-refractivity contribution in [2.45, 2.75) is 20.5 Å². The van der Waals surface area contributed by atoms with E-state index in [0.29, 0.717) is 23.2 Å². The van der Waals surface area contributed by atoms with Crippen molar-refractivity contribution >= 4 is 17.3 Å². The molecule has 1 aromatic heterocycles. The fraction of sp³-hybridized carbons (Fsp3) is 0.308. The zero-order valence-corrected chi connectivity index (χ0v) is 11.5. The largest absolute Gasteiger partial charge is 0.487 e. The average Bonchev–Trinajstić information content (AvgIpc) is 2.53. The summed E-state index contributed by atoms with van der Waals surface area (Å²) in [4.78, 5) is 0. The number of halogens is 1. The first-order valence-corrected chi connectivity index (χ1v) is 6.03. The van der Waals surface area contributed by atoms with E-state index in [1.165, 1.54) is 0 Å². The predicted octanol–water partition coefficient (Wildman–Crippen LogP) is 2.85. The average molecular weight is 266 g/mol. The number of nitrogen functional groups attached to an aromatic ring is 1. The molecule has 5 heteroatoms. The summed E-state index contributed by atoms with van der Waals surface area (Å²) in [6.07, 6.45) is 0. The quantitative estimate of drug-likeness (QED) is 0.869. The molecule has 96 valence electrons. The maximum Gasteiger partial charge on any atom is 0.142 e. The van der Waals surface area contributed by atoms with Crippen LogP contribution in [0.1, 0.15) is 16.8 Å². The molecule has 0 unspecified atom stereocenters. The monoisotopic (exact) mass is 265 g/mol. The number of hydrogen-bond donors (Lipinski definition) is 1. The zero-order valence-electron chi connectivity index (χ0n) is 10.7. The van der Waals surface area contributed by atoms with E-state index in [4.69, 9.17) is 22.1 Å². The minimum Gasteiger partial charge on any atom is -0.487 e. The number of hydrogen-bond acceptors (Lipinski definition) is 3. The molecule has 0 spiro atoms. The van der Waals surface area contributed by atoms with Gasteiger partial charge in [-0.1, -0.05) is 17.7 Å². The minimum atomic E-state index is 0.367. The van der Waals surface area contributed by atoms with Crippen LogP contribution < -0.4 is 10.5 Å². The van der Waals surface area contributed by atoms with Gasteiger partial charge in [0.1, 0.15) is 17.5 Å². The topological polar surface area (TPSA) is 53.1 Å². The van der Waals surface area contributed by atoms with Gasteiger partial charge in [-0.15, -0.1) is 0 Å². The van der Waals surface area contributed by atoms with E-state index in [0.717, 1.165) is 16.8 Å². The van der Waals surface area contributed by atoms with Crippen LogP contribution in [0.4, 0.5) is 5.69 Å². The van der Waals surface area contributed by atoms with Crippen molar-refractivity contribution < 1.29 is 4.74 Å². The van der Waals surface area contributed by atoms with Crippen LogP contribution in [0.2, 0.25) is 5.15 Å². The molecule has 0 amide bonds. The molecule has 0 saturated carbocycles. The Hall–Kier alpha value is -1.68. The van der Waals surface area contributed by atoms with Crippen LogP contribution in [-0.4, -0.2) is 9.78 Å². The first kappa shape index (κ1) is 12.8. The molecule has 2 N–H and O–H groups in total. The summed E-state index contributed by atoms with van der Waals surface area (Å²) >= 11 is 6.13. The van der Waals surface area contributed by atoms with Crippen LogP contribution >= 0.6 is 11.6 Å². The van der Waals surface area contributed by atoms with Gasteiger partial charge in [-0.2, -0.15) is 5.10 Å². The van der Waals surface area contributed by atoms with Crippen LogP contribution in [0.3, 0.4) is 0 Å². The fourth-order valence-corrected chi connectivity index (χ4v) is 2.02. The summed E-state index contributed by atoms with van der Waals surface area (Å²) in [6.45, 7) is 4.26. The summed E-state index contributed by atoms with van der Waals surface area (Å²) in [5.74, 6) is 0.667. The van der Waals surface area contributed by atoms with Crippen molar-refractivity contribution in [1.29, 1.82) is 0 Å². The Balaban J connectivity index is 2.16. The third-order valence-corrected chi connectivity index (χ3v) is 3.28. The van der Waals surface area contributed by atoms with Crippen molar-refractivity contribution in [3.8, 4) is 5.75 Å². The van der Waals surface area contributed by atoms with Crippen LogP contribution in [0.25, 0.3) is 0 Å². The highest BCUT2D eigenvalue weighted by Gasteiger charge is 2.12. The molecule has 0 aliphatic carbocycles. The SMILES string of the molecule is Cc1ccc(OCc2c(C)nn(C)c2Cl)c(N)c1. The normalized spacial score (nSPS) is 10.7. The van der Waals surface area contributed by atoms with Crippen LogP contribution in [0.15, 0.2) is 18.2 Å². The van der Waals surface area contributed by atoms with Crippen molar-refractivity contribution in [2.24, 2.45) is 7.05 Å². The van der Waals surface area contributed by atoms with E-state index < -0.39 is 0 Å². The lowest BCUT2D eigenvalue weighted by atomic mass is 10.2. The molecule has 4 nitrogen and oxygen atoms in total. The van der Waals surface area contributed by atoms with Crippen molar-refractivity contribution in [1.82, 2.24) is 9.78 Å². The molecular weight excluding hydrogens is 250 g/mol. The molecule has 0 fully saturated rings. The van der Waals surface area contributed by atoms with Gasteiger partial charge in [-0.25, -0.2) is 0 Å². The first-order valence-electron chi connectivity index (χ1n) is 5.66. The number of ether oxygens (including phenoxy) is 1. The molecule has 0 aliphatic rings. The number of nitrogens with two attached hydrogens (primary N) is 1. The molecular formula is C13H16ClN3O. The highest BCUT2D eigenvalue weighted by molar-refractivity contribution is 6.30. The van der Waals surface area contributed by atoms with E-state index in [9.17, 15) is 0 Å². The molecule has 18 heavy (non-hydrogen) atoms. The zero-order chi connectivity index (χ0) is 13.3. The molecule has 2 rings (SSSR count). The fourth-order valence-electron chi connectivity index (χ4n) is 1.79. The Labute approximate surface area is 111 Å². The number of rotatable bonds is 3. The smallest absolute Gasteiger partial charge is 0.142 e. The molecule has 1 aromatic carbocycles. The predicted molar refractivity (Wildman–Crippen MR) is 72.9 cm³/mol. The summed E-state index contributed by atoms with van der Waals surface area (Å²) in [5, 5.41) is 4.83. The van der Waals surface area contributed by atoms with Gasteiger partial charge in [0.2, 0.25) is 0 Å². The lowest BCUT2D eigenvalue weighted by molar-refractivity contribution is 0.307. The molecule has 0 aliphatic heterocycles. The van der Waals surface area contributed by atoms with Gasteiger partial charge in [0.25, 0.3) is 0 Å². The maximum atomic E-state index is 6.13. The van der Waals surface area contributed by atoms with Crippen molar-refractivity contribution in [2.75, 3.05) is 5.73 Å². The number of nitrogens with zero attached hydrogens (tertiary/aromatic N) is 2. The molecule has 0 saturated heterocycles. The summed E-state index contributed by atoms with van der Waals surface area (Å²) < 4.78 is 7.32. The second-order valence-corrected chi connectivity index (χ2v) is 4.67. The van der Waals surface area contributed by atoms with Crippen molar-refractivity contribution in [3.63, 3.8) is 0 Å². The first-order chi connectivity index (χ1) is 8.49. The Morgan fingerprint density at radius 1 is 1.39 bits per heavy atom. The summed E-state index contributed by atoms with van der Waals surface area (Å²) in [6, 6.07) is 5.71. The van der Waals surface area contributed by atoms with E-state index in [1.54, 1.807) is 11.7 Å². The van der Waals surface area contributed by atoms with Crippen LogP contribution in [-0.2, 0) is 13.7 Å². The molecule has 0 bridgehead atoms. The number of benzene rings is 1. The lowest BCUT2D eigenvalue weighted by Crippen LogP contribution is -2.00. The van der Waals surface area contributed by atoms with Crippen LogP contribution in [0, 0.1) is 13.8 Å². The Morgan fingerprint density at radius 3 is 2.67 bits per heavy atom. The number of aromatic nitrogens is 2. The second-order valence-electron chi connectivity index (χ2n) is 4.31. The van der Waals surface area contributed by atoms with Gasteiger partial charge in [0.05, 0.1) is 11.4 Å². The van der Waals surface area contributed by atoms with E-state index in [1.807, 2.05) is 32.0 Å². The van der Waals surface area contributed by atoms with E-state index in [-0.39, 0.29) is 0 Å². The van der Waals surface area contributed by atoms with Gasteiger partial charge in [0.15, 0.2) is 0 Å². The van der Waals surface area contributed by atoms with Gasteiger partial charge in [-0.05, 0) is 31.5 Å². The molecule has 0 atom stereocenters. The van der Waals surface area contributed by atoms with Gasteiger partial charge < -0.3 is 10.5 Å². The molecule has 1 heterocycles. The van der Waals surface area contributed by atoms with Crippen LogP contribution in [0.5, 0.6) is 5.75 Å². The maximum absolute atomic E-state index is 6.13. The van der Waals surface area contributed by atoms with E-state index in [2.05, 4.69) is 5.10 Å².